The lowest BCUT2D eigenvalue weighted by Crippen LogP contribution is -2.27. The maximum Gasteiger partial charge on any atom is 0.340 e. The van der Waals surface area contributed by atoms with E-state index in [0.717, 1.165) is 25.9 Å². The Balaban J connectivity index is 2.41. The molecule has 0 aromatic carbocycles. The van der Waals surface area contributed by atoms with Crippen molar-refractivity contribution in [1.82, 2.24) is 9.88 Å². The van der Waals surface area contributed by atoms with Crippen LogP contribution in [0.4, 0.5) is 11.5 Å². The van der Waals surface area contributed by atoms with Gasteiger partial charge in [-0.1, -0.05) is 0 Å². The molecule has 1 heterocycles. The smallest absolute Gasteiger partial charge is 0.340 e. The lowest BCUT2D eigenvalue weighted by molar-refractivity contribution is 0.0602. The summed E-state index contributed by atoms with van der Waals surface area (Å²) in [4.78, 5) is 18.0. The van der Waals surface area contributed by atoms with Gasteiger partial charge in [-0.25, -0.2) is 9.78 Å². The van der Waals surface area contributed by atoms with Crippen molar-refractivity contribution in [3.8, 4) is 0 Å². The van der Waals surface area contributed by atoms with Crippen molar-refractivity contribution in [3.05, 3.63) is 17.8 Å². The van der Waals surface area contributed by atoms with Gasteiger partial charge in [-0.05, 0) is 46.3 Å². The van der Waals surface area contributed by atoms with E-state index in [1.807, 2.05) is 0 Å². The first kappa shape index (κ1) is 17.2. The van der Waals surface area contributed by atoms with Gasteiger partial charge in [-0.15, -0.1) is 0 Å². The van der Waals surface area contributed by atoms with Gasteiger partial charge >= 0.3 is 5.97 Å². The van der Waals surface area contributed by atoms with Crippen LogP contribution >= 0.6 is 0 Å². The molecule has 1 aromatic rings. The van der Waals surface area contributed by atoms with Gasteiger partial charge < -0.3 is 20.7 Å². The van der Waals surface area contributed by atoms with E-state index in [2.05, 4.69) is 40.8 Å². The van der Waals surface area contributed by atoms with E-state index >= 15 is 0 Å². The first-order valence-electron chi connectivity index (χ1n) is 7.23. The molecule has 0 saturated carbocycles. The van der Waals surface area contributed by atoms with E-state index in [9.17, 15) is 4.79 Å². The zero-order valence-electron chi connectivity index (χ0n) is 13.3. The predicted octanol–water partition coefficient (Wildman–Crippen LogP) is 1.98. The standard InChI is InChI=1S/C15H26N4O2/c1-11(2)19(3)8-6-5-7-17-14-9-12(15(20)21-4)13(16)10-18-14/h9-11H,5-8,16H2,1-4H3,(H,17,18). The summed E-state index contributed by atoms with van der Waals surface area (Å²) < 4.78 is 4.68. The third-order valence-corrected chi connectivity index (χ3v) is 3.47. The summed E-state index contributed by atoms with van der Waals surface area (Å²) in [6.07, 6.45) is 3.62. The summed E-state index contributed by atoms with van der Waals surface area (Å²) >= 11 is 0. The Bertz CT molecular complexity index is 463. The third kappa shape index (κ3) is 5.59. The summed E-state index contributed by atoms with van der Waals surface area (Å²) in [6.45, 7) is 6.25. The van der Waals surface area contributed by atoms with Crippen LogP contribution in [-0.4, -0.2) is 49.1 Å². The highest BCUT2D eigenvalue weighted by Gasteiger charge is 2.11. The number of hydrogen-bond acceptors (Lipinski definition) is 6. The number of nitrogens with two attached hydrogens (primary N) is 1. The monoisotopic (exact) mass is 294 g/mol. The number of nitrogens with one attached hydrogen (secondary N) is 1. The van der Waals surface area contributed by atoms with E-state index in [0.29, 0.717) is 23.1 Å². The van der Waals surface area contributed by atoms with E-state index in [1.54, 1.807) is 6.07 Å². The molecule has 6 heteroatoms. The molecule has 0 amide bonds. The minimum Gasteiger partial charge on any atom is -0.465 e. The largest absolute Gasteiger partial charge is 0.465 e. The second-order valence-corrected chi connectivity index (χ2v) is 5.36. The highest BCUT2D eigenvalue weighted by atomic mass is 16.5. The lowest BCUT2D eigenvalue weighted by atomic mass is 10.2. The van der Waals surface area contributed by atoms with Crippen molar-refractivity contribution < 1.29 is 9.53 Å². The topological polar surface area (TPSA) is 80.5 Å². The SMILES string of the molecule is COC(=O)c1cc(NCCCCN(C)C(C)C)ncc1N. The summed E-state index contributed by atoms with van der Waals surface area (Å²) in [5.41, 5.74) is 6.37. The minimum atomic E-state index is -0.448. The van der Waals surface area contributed by atoms with Crippen LogP contribution < -0.4 is 11.1 Å². The summed E-state index contributed by atoms with van der Waals surface area (Å²) in [5.74, 6) is 0.193. The Morgan fingerprint density at radius 1 is 1.48 bits per heavy atom. The number of esters is 1. The number of ether oxygens (including phenoxy) is 1. The van der Waals surface area contributed by atoms with Gasteiger partial charge in [0.15, 0.2) is 0 Å². The van der Waals surface area contributed by atoms with E-state index in [4.69, 9.17) is 5.73 Å². The van der Waals surface area contributed by atoms with Crippen LogP contribution in [0.25, 0.3) is 0 Å². The van der Waals surface area contributed by atoms with E-state index in [1.165, 1.54) is 13.3 Å². The van der Waals surface area contributed by atoms with E-state index in [-0.39, 0.29) is 0 Å². The zero-order valence-corrected chi connectivity index (χ0v) is 13.3. The number of pyridine rings is 1. The number of carbonyl (C=O) groups excluding carboxylic acids is 1. The van der Waals surface area contributed by atoms with Crippen molar-refractivity contribution in [3.63, 3.8) is 0 Å². The van der Waals surface area contributed by atoms with Crippen molar-refractivity contribution >= 4 is 17.5 Å². The molecule has 0 aliphatic heterocycles. The fourth-order valence-electron chi connectivity index (χ4n) is 1.81. The maximum atomic E-state index is 11.5. The van der Waals surface area contributed by atoms with Crippen molar-refractivity contribution in [2.75, 3.05) is 38.3 Å². The first-order valence-corrected chi connectivity index (χ1v) is 7.23. The third-order valence-electron chi connectivity index (χ3n) is 3.47. The first-order chi connectivity index (χ1) is 9.95. The Labute approximate surface area is 126 Å². The molecular weight excluding hydrogens is 268 g/mol. The van der Waals surface area contributed by atoms with Crippen LogP contribution in [0.15, 0.2) is 12.3 Å². The average Bonchev–Trinajstić information content (AvgIpc) is 2.47. The van der Waals surface area contributed by atoms with Gasteiger partial charge in [0.1, 0.15) is 5.82 Å². The van der Waals surface area contributed by atoms with Gasteiger partial charge in [-0.2, -0.15) is 0 Å². The number of carbonyl (C=O) groups is 1. The number of hydrogen-bond donors (Lipinski definition) is 2. The molecule has 0 aliphatic carbocycles. The van der Waals surface area contributed by atoms with Crippen molar-refractivity contribution in [2.24, 2.45) is 0 Å². The summed E-state index contributed by atoms with van der Waals surface area (Å²) in [5, 5.41) is 3.20. The maximum absolute atomic E-state index is 11.5. The van der Waals surface area contributed by atoms with Crippen LogP contribution in [-0.2, 0) is 4.74 Å². The highest BCUT2D eigenvalue weighted by molar-refractivity contribution is 5.95. The molecule has 0 saturated heterocycles. The minimum absolute atomic E-state index is 0.325. The van der Waals surface area contributed by atoms with Gasteiger partial charge in [0.2, 0.25) is 0 Å². The highest BCUT2D eigenvalue weighted by Crippen LogP contribution is 2.15. The molecule has 0 unspecified atom stereocenters. The number of anilines is 2. The molecule has 0 aliphatic rings. The molecule has 0 bridgehead atoms. The summed E-state index contributed by atoms with van der Waals surface area (Å²) in [6, 6.07) is 2.20. The van der Waals surface area contributed by atoms with Gasteiger partial charge in [0.25, 0.3) is 0 Å². The zero-order chi connectivity index (χ0) is 15.8. The Morgan fingerprint density at radius 2 is 2.19 bits per heavy atom. The number of rotatable bonds is 8. The number of nitrogens with zero attached hydrogens (tertiary/aromatic N) is 2. The van der Waals surface area contributed by atoms with Gasteiger partial charge in [-0.3, -0.25) is 0 Å². The second-order valence-electron chi connectivity index (χ2n) is 5.36. The molecule has 118 valence electrons. The normalized spacial score (nSPS) is 11.0. The molecular formula is C15H26N4O2. The number of aromatic nitrogens is 1. The van der Waals surface area contributed by atoms with Crippen molar-refractivity contribution in [2.45, 2.75) is 32.7 Å². The molecule has 1 aromatic heterocycles. The van der Waals surface area contributed by atoms with E-state index < -0.39 is 5.97 Å². The van der Waals surface area contributed by atoms with Gasteiger partial charge in [0.05, 0.1) is 24.6 Å². The molecule has 3 N–H and O–H groups in total. The molecule has 21 heavy (non-hydrogen) atoms. The molecule has 6 nitrogen and oxygen atoms in total. The van der Waals surface area contributed by atoms with Crippen LogP contribution in [0.5, 0.6) is 0 Å². The fraction of sp³-hybridized carbons (Fsp3) is 0.600. The predicted molar refractivity (Wildman–Crippen MR) is 85.5 cm³/mol. The number of nitrogen functional groups attached to an aromatic ring is 1. The van der Waals surface area contributed by atoms with Gasteiger partial charge in [0, 0.05) is 12.6 Å². The average molecular weight is 294 g/mol. The summed E-state index contributed by atoms with van der Waals surface area (Å²) in [7, 11) is 3.46. The Hall–Kier alpha value is -1.82. The Morgan fingerprint density at radius 3 is 2.81 bits per heavy atom. The lowest BCUT2D eigenvalue weighted by Gasteiger charge is -2.20. The molecule has 1 rings (SSSR count). The van der Waals surface area contributed by atoms with Crippen LogP contribution in [0.2, 0.25) is 0 Å². The Kier molecular flexibility index (Phi) is 6.94. The molecule has 0 fully saturated rings. The van der Waals surface area contributed by atoms with Crippen LogP contribution in [0.1, 0.15) is 37.0 Å². The number of methoxy groups -OCH3 is 1. The van der Waals surface area contributed by atoms with Crippen LogP contribution in [0, 0.1) is 0 Å². The fourth-order valence-corrected chi connectivity index (χ4v) is 1.81. The quantitative estimate of drug-likeness (QED) is 0.564. The second kappa shape index (κ2) is 8.46. The molecule has 0 radical (unpaired) electrons. The molecule has 0 spiro atoms. The number of unbranched alkanes of at least 4 members (excludes halogenated alkanes) is 1. The molecule has 0 atom stereocenters. The van der Waals surface area contributed by atoms with Crippen LogP contribution in [0.3, 0.4) is 0 Å². The van der Waals surface area contributed by atoms with Crippen molar-refractivity contribution in [1.29, 1.82) is 0 Å².